The third-order valence-electron chi connectivity index (χ3n) is 3.55. The van der Waals surface area contributed by atoms with Crippen LogP contribution in [0.4, 0.5) is 0 Å². The number of ether oxygens (including phenoxy) is 1. The predicted octanol–water partition coefficient (Wildman–Crippen LogP) is 2.27. The third kappa shape index (κ3) is 3.37. The van der Waals surface area contributed by atoms with Gasteiger partial charge in [-0.2, -0.15) is 0 Å². The number of hydrogen-bond donors (Lipinski definition) is 1. The largest absolute Gasteiger partial charge is 0.481 e. The molecule has 4 nitrogen and oxygen atoms in total. The molecule has 0 amide bonds. The standard InChI is InChI=1S/C12H18O4S/c13-11(14)8-3-5-9(6-4-8)12(15)16-10-2-1-7-17-10/h8-10H,1-7H2,(H,13,14)/t8-,9-,10?. The zero-order valence-corrected chi connectivity index (χ0v) is 10.6. The van der Waals surface area contributed by atoms with Crippen molar-refractivity contribution in [2.45, 2.75) is 44.0 Å². The van der Waals surface area contributed by atoms with Crippen LogP contribution in [0.3, 0.4) is 0 Å². The second kappa shape index (κ2) is 5.76. The van der Waals surface area contributed by atoms with Gasteiger partial charge < -0.3 is 9.84 Å². The van der Waals surface area contributed by atoms with Gasteiger partial charge in [0.2, 0.25) is 0 Å². The van der Waals surface area contributed by atoms with E-state index in [4.69, 9.17) is 9.84 Å². The summed E-state index contributed by atoms with van der Waals surface area (Å²) >= 11 is 1.70. The van der Waals surface area contributed by atoms with E-state index < -0.39 is 5.97 Å². The lowest BCUT2D eigenvalue weighted by Gasteiger charge is -2.25. The number of carbonyl (C=O) groups excluding carboxylic acids is 1. The van der Waals surface area contributed by atoms with E-state index in [1.807, 2.05) is 0 Å². The fourth-order valence-electron chi connectivity index (χ4n) is 2.44. The Morgan fingerprint density at radius 3 is 2.24 bits per heavy atom. The molecule has 0 aromatic heterocycles. The molecule has 1 heterocycles. The maximum absolute atomic E-state index is 11.8. The molecule has 1 aliphatic heterocycles. The number of carbonyl (C=O) groups is 2. The average Bonchev–Trinajstić information content (AvgIpc) is 2.82. The maximum atomic E-state index is 11.8. The van der Waals surface area contributed by atoms with Crippen molar-refractivity contribution in [3.05, 3.63) is 0 Å². The number of esters is 1. The van der Waals surface area contributed by atoms with Crippen LogP contribution < -0.4 is 0 Å². The number of hydrogen-bond acceptors (Lipinski definition) is 4. The quantitative estimate of drug-likeness (QED) is 0.787. The van der Waals surface area contributed by atoms with E-state index in [0.29, 0.717) is 25.7 Å². The number of thioether (sulfide) groups is 1. The molecule has 1 unspecified atom stereocenters. The van der Waals surface area contributed by atoms with Gasteiger partial charge in [-0.15, -0.1) is 11.8 Å². The summed E-state index contributed by atoms with van der Waals surface area (Å²) in [6, 6.07) is 0. The second-order valence-electron chi connectivity index (χ2n) is 4.77. The molecule has 2 aliphatic rings. The van der Waals surface area contributed by atoms with Gasteiger partial charge in [0, 0.05) is 0 Å². The van der Waals surface area contributed by atoms with E-state index >= 15 is 0 Å². The van der Waals surface area contributed by atoms with Gasteiger partial charge in [0.05, 0.1) is 11.8 Å². The van der Waals surface area contributed by atoms with Crippen LogP contribution in [0, 0.1) is 11.8 Å². The summed E-state index contributed by atoms with van der Waals surface area (Å²) in [6.07, 6.45) is 4.61. The Bertz CT molecular complexity index is 291. The highest BCUT2D eigenvalue weighted by Crippen LogP contribution is 2.32. The first-order chi connectivity index (χ1) is 8.16. The minimum absolute atomic E-state index is 0.0414. The zero-order valence-electron chi connectivity index (χ0n) is 9.76. The van der Waals surface area contributed by atoms with E-state index in [9.17, 15) is 9.59 Å². The molecule has 1 saturated carbocycles. The van der Waals surface area contributed by atoms with E-state index in [1.54, 1.807) is 11.8 Å². The fourth-order valence-corrected chi connectivity index (χ4v) is 3.54. The third-order valence-corrected chi connectivity index (χ3v) is 4.77. The maximum Gasteiger partial charge on any atom is 0.310 e. The van der Waals surface area contributed by atoms with Crippen molar-refractivity contribution in [2.75, 3.05) is 5.75 Å². The van der Waals surface area contributed by atoms with Gasteiger partial charge in [-0.3, -0.25) is 9.59 Å². The van der Waals surface area contributed by atoms with E-state index in [-0.39, 0.29) is 23.2 Å². The Morgan fingerprint density at radius 2 is 1.71 bits per heavy atom. The molecule has 0 spiro atoms. The van der Waals surface area contributed by atoms with E-state index in [2.05, 4.69) is 0 Å². The summed E-state index contributed by atoms with van der Waals surface area (Å²) in [4.78, 5) is 22.6. The highest BCUT2D eigenvalue weighted by atomic mass is 32.2. The van der Waals surface area contributed by atoms with Crippen LogP contribution in [-0.2, 0) is 14.3 Å². The number of carboxylic acids is 1. The zero-order chi connectivity index (χ0) is 12.3. The summed E-state index contributed by atoms with van der Waals surface area (Å²) in [5.41, 5.74) is 0.0414. The van der Waals surface area contributed by atoms with Crippen LogP contribution in [0.2, 0.25) is 0 Å². The SMILES string of the molecule is O=C(O)[C@H]1CC[C@H](C(=O)OC2CCCS2)CC1. The molecule has 2 fully saturated rings. The van der Waals surface area contributed by atoms with Crippen molar-refractivity contribution in [3.8, 4) is 0 Å². The lowest BCUT2D eigenvalue weighted by atomic mass is 9.82. The van der Waals surface area contributed by atoms with Crippen LogP contribution in [0.1, 0.15) is 38.5 Å². The molecular formula is C12H18O4S. The van der Waals surface area contributed by atoms with Crippen molar-refractivity contribution in [3.63, 3.8) is 0 Å². The molecule has 2 rings (SSSR count). The van der Waals surface area contributed by atoms with Gasteiger partial charge in [0.1, 0.15) is 5.44 Å². The average molecular weight is 258 g/mol. The Morgan fingerprint density at radius 1 is 1.06 bits per heavy atom. The molecule has 17 heavy (non-hydrogen) atoms. The molecule has 1 atom stereocenters. The molecular weight excluding hydrogens is 240 g/mol. The molecule has 96 valence electrons. The van der Waals surface area contributed by atoms with Crippen LogP contribution >= 0.6 is 11.8 Å². The van der Waals surface area contributed by atoms with Crippen molar-refractivity contribution in [1.29, 1.82) is 0 Å². The summed E-state index contributed by atoms with van der Waals surface area (Å²) in [6.45, 7) is 0. The molecule has 0 aromatic rings. The van der Waals surface area contributed by atoms with E-state index in [1.165, 1.54) is 0 Å². The lowest BCUT2D eigenvalue weighted by molar-refractivity contribution is -0.153. The molecule has 1 aliphatic carbocycles. The number of rotatable bonds is 3. The smallest absolute Gasteiger partial charge is 0.310 e. The molecule has 0 aromatic carbocycles. The summed E-state index contributed by atoms with van der Waals surface area (Å²) in [5.74, 6) is -0.118. The minimum atomic E-state index is -0.733. The highest BCUT2D eigenvalue weighted by molar-refractivity contribution is 8.00. The van der Waals surface area contributed by atoms with Gasteiger partial charge in [-0.05, 0) is 44.3 Å². The second-order valence-corrected chi connectivity index (χ2v) is 6.03. The summed E-state index contributed by atoms with van der Waals surface area (Å²) in [7, 11) is 0. The topological polar surface area (TPSA) is 63.6 Å². The monoisotopic (exact) mass is 258 g/mol. The Kier molecular flexibility index (Phi) is 4.31. The number of aliphatic carboxylic acids is 1. The molecule has 1 saturated heterocycles. The highest BCUT2D eigenvalue weighted by Gasteiger charge is 2.32. The van der Waals surface area contributed by atoms with Crippen LogP contribution in [0.15, 0.2) is 0 Å². The fraction of sp³-hybridized carbons (Fsp3) is 0.833. The van der Waals surface area contributed by atoms with Crippen LogP contribution in [0.5, 0.6) is 0 Å². The van der Waals surface area contributed by atoms with Gasteiger partial charge >= 0.3 is 11.9 Å². The van der Waals surface area contributed by atoms with Gasteiger partial charge in [0.15, 0.2) is 0 Å². The van der Waals surface area contributed by atoms with Gasteiger partial charge in [0.25, 0.3) is 0 Å². The Balaban J connectivity index is 1.75. The lowest BCUT2D eigenvalue weighted by Crippen LogP contribution is -2.28. The first-order valence-electron chi connectivity index (χ1n) is 6.21. The van der Waals surface area contributed by atoms with Crippen LogP contribution in [0.25, 0.3) is 0 Å². The Hall–Kier alpha value is -0.710. The van der Waals surface area contributed by atoms with Crippen LogP contribution in [-0.4, -0.2) is 28.2 Å². The predicted molar refractivity (Wildman–Crippen MR) is 64.7 cm³/mol. The minimum Gasteiger partial charge on any atom is -0.481 e. The molecule has 0 radical (unpaired) electrons. The first-order valence-corrected chi connectivity index (χ1v) is 7.26. The number of carboxylic acid groups (broad SMARTS) is 1. The Labute approximate surface area is 105 Å². The van der Waals surface area contributed by atoms with Gasteiger partial charge in [-0.25, -0.2) is 0 Å². The normalized spacial score (nSPS) is 33.3. The van der Waals surface area contributed by atoms with Gasteiger partial charge in [-0.1, -0.05) is 0 Å². The van der Waals surface area contributed by atoms with E-state index in [0.717, 1.165) is 18.6 Å². The van der Waals surface area contributed by atoms with Crippen molar-refractivity contribution >= 4 is 23.7 Å². The first kappa shape index (κ1) is 12.7. The summed E-state index contributed by atoms with van der Waals surface area (Å²) in [5, 5.41) is 8.87. The summed E-state index contributed by atoms with van der Waals surface area (Å²) < 4.78 is 5.42. The van der Waals surface area contributed by atoms with Crippen molar-refractivity contribution in [1.82, 2.24) is 0 Å². The van der Waals surface area contributed by atoms with Crippen molar-refractivity contribution < 1.29 is 19.4 Å². The van der Waals surface area contributed by atoms with Crippen molar-refractivity contribution in [2.24, 2.45) is 11.8 Å². The molecule has 1 N–H and O–H groups in total. The molecule has 5 heteroatoms. The molecule has 0 bridgehead atoms.